The molecular weight excluding hydrogens is 1100 g/mol. The third-order valence-electron chi connectivity index (χ3n) is 13.4. The van der Waals surface area contributed by atoms with E-state index in [2.05, 4.69) is 0 Å². The van der Waals surface area contributed by atoms with Gasteiger partial charge in [-0.05, 0) is 59.7 Å². The molecule has 450 valence electrons. The topological polar surface area (TPSA) is 431 Å². The largest absolute Gasteiger partial charge is 0.504 e. The summed E-state index contributed by atoms with van der Waals surface area (Å²) in [7, 11) is 2.56. The van der Waals surface area contributed by atoms with Gasteiger partial charge in [-0.2, -0.15) is 0 Å². The molecular formula is C53H64O29. The van der Waals surface area contributed by atoms with Gasteiger partial charge in [0.15, 0.2) is 54.1 Å². The molecule has 0 spiro atoms. The molecule has 7 rings (SSSR count). The number of phenols is 2. The number of ether oxygens (including phenoxy) is 13. The number of aromatic hydroxyl groups is 2. The monoisotopic (exact) mass is 1160 g/mol. The van der Waals surface area contributed by atoms with E-state index in [0.29, 0.717) is 5.56 Å². The fourth-order valence-electron chi connectivity index (χ4n) is 9.09. The van der Waals surface area contributed by atoms with Crippen LogP contribution in [0.5, 0.6) is 23.0 Å². The molecule has 0 aromatic heterocycles. The summed E-state index contributed by atoms with van der Waals surface area (Å²) in [5, 5.41) is 130. The summed E-state index contributed by atoms with van der Waals surface area (Å²) in [6.45, 7) is -4.28. The summed E-state index contributed by atoms with van der Waals surface area (Å²) < 4.78 is 76.3. The summed E-state index contributed by atoms with van der Waals surface area (Å²) in [6.07, 6.45) is -33.5. The minimum atomic E-state index is -2.93. The Morgan fingerprint density at radius 2 is 1.07 bits per heavy atom. The molecule has 4 aliphatic heterocycles. The zero-order valence-corrected chi connectivity index (χ0v) is 43.9. The van der Waals surface area contributed by atoms with E-state index in [4.69, 9.17) is 61.6 Å². The molecule has 19 atom stereocenters. The smallest absolute Gasteiger partial charge is 0.338 e. The van der Waals surface area contributed by atoms with Gasteiger partial charge < -0.3 is 123 Å². The van der Waals surface area contributed by atoms with Crippen LogP contribution in [-0.4, -0.2) is 249 Å². The van der Waals surface area contributed by atoms with E-state index in [0.717, 1.165) is 19.1 Å². The molecule has 0 unspecified atom stereocenters. The van der Waals surface area contributed by atoms with Crippen LogP contribution in [0.2, 0.25) is 0 Å². The Morgan fingerprint density at radius 3 is 1.59 bits per heavy atom. The fourth-order valence-corrected chi connectivity index (χ4v) is 9.09. The van der Waals surface area contributed by atoms with Gasteiger partial charge >= 0.3 is 23.9 Å². The van der Waals surface area contributed by atoms with Gasteiger partial charge in [-0.1, -0.05) is 30.3 Å². The Labute approximate surface area is 466 Å². The van der Waals surface area contributed by atoms with E-state index in [9.17, 15) is 80.5 Å². The molecule has 0 saturated carbocycles. The van der Waals surface area contributed by atoms with Gasteiger partial charge in [-0.25, -0.2) is 14.4 Å². The van der Waals surface area contributed by atoms with Gasteiger partial charge in [0.1, 0.15) is 92.6 Å². The van der Waals surface area contributed by atoms with E-state index in [1.54, 1.807) is 6.07 Å². The maximum atomic E-state index is 14.1. The van der Waals surface area contributed by atoms with E-state index in [1.165, 1.54) is 87.0 Å². The second-order valence-electron chi connectivity index (χ2n) is 18.9. The number of rotatable bonds is 22. The fraction of sp³-hybridized carbons (Fsp3) is 0.509. The number of phenolic OH excluding ortho intramolecular Hbond substituents is 2. The molecule has 12 N–H and O–H groups in total. The Kier molecular flexibility index (Phi) is 21.7. The molecule has 4 fully saturated rings. The Bertz CT molecular complexity index is 2690. The lowest BCUT2D eigenvalue weighted by atomic mass is 9.95. The van der Waals surface area contributed by atoms with Gasteiger partial charge in [0.05, 0.1) is 39.6 Å². The van der Waals surface area contributed by atoms with Crippen molar-refractivity contribution in [2.24, 2.45) is 0 Å². The minimum absolute atomic E-state index is 0.00475. The summed E-state index contributed by atoms with van der Waals surface area (Å²) in [5.74, 6) is -7.94. The first-order valence-electron chi connectivity index (χ1n) is 25.2. The van der Waals surface area contributed by atoms with Crippen LogP contribution in [0.25, 0.3) is 12.2 Å². The predicted molar refractivity (Wildman–Crippen MR) is 268 cm³/mol. The average Bonchev–Trinajstić information content (AvgIpc) is 3.55. The Morgan fingerprint density at radius 1 is 0.561 bits per heavy atom. The van der Waals surface area contributed by atoms with Gasteiger partial charge in [-0.15, -0.1) is 0 Å². The quantitative estimate of drug-likeness (QED) is 0.0266. The summed E-state index contributed by atoms with van der Waals surface area (Å²) in [6, 6.07) is 15.2. The van der Waals surface area contributed by atoms with Crippen LogP contribution in [-0.2, 0) is 66.5 Å². The number of aliphatic hydroxyl groups excluding tert-OH is 10. The van der Waals surface area contributed by atoms with Gasteiger partial charge in [0, 0.05) is 19.1 Å². The van der Waals surface area contributed by atoms with Crippen molar-refractivity contribution in [1.82, 2.24) is 0 Å². The Hall–Kier alpha value is -6.46. The van der Waals surface area contributed by atoms with Crippen LogP contribution in [0, 0.1) is 0 Å². The average molecular weight is 1170 g/mol. The first kappa shape index (κ1) is 63.1. The van der Waals surface area contributed by atoms with Crippen molar-refractivity contribution in [3.05, 3.63) is 95.6 Å². The zero-order chi connectivity index (χ0) is 59.6. The van der Waals surface area contributed by atoms with Crippen LogP contribution in [0.3, 0.4) is 0 Å². The third kappa shape index (κ3) is 14.6. The van der Waals surface area contributed by atoms with E-state index >= 15 is 0 Å². The van der Waals surface area contributed by atoms with E-state index in [1.807, 2.05) is 0 Å². The first-order valence-corrected chi connectivity index (χ1v) is 25.2. The van der Waals surface area contributed by atoms with Crippen molar-refractivity contribution in [3.8, 4) is 23.0 Å². The van der Waals surface area contributed by atoms with Gasteiger partial charge in [0.25, 0.3) is 0 Å². The van der Waals surface area contributed by atoms with Crippen molar-refractivity contribution in [2.45, 2.75) is 123 Å². The standard InChI is InChI=1S/C53H64O29/c1-24(57)72-22-35-45(77-37(61)16-12-26-10-14-29(59)31(18-26)71-3)46(78-50-43(67)41(65)38(62)32(19-54)74-50)47(79-51-44(68)42(66)39(63)33(20-55)75-51)52(76-35)82-53(23-73-36(60)15-11-25-9-13-28(58)30(17-25)70-2)48(40(64)34(21-56)81-53)80-49(69)27-7-5-4-6-8-27/h4-18,32-35,38-48,50-52,54-56,58-59,62-68H,19-23H2,1-3H3/b15-11+,16-12+/t32-,33-,34+,35+,38+,39-,40+,41-,42-,43-,44-,45-,46+,47-,48+,50-,51-,52+,53-/m0/s1. The van der Waals surface area contributed by atoms with Crippen LogP contribution in [0.15, 0.2) is 78.9 Å². The highest BCUT2D eigenvalue weighted by Crippen LogP contribution is 2.42. The lowest BCUT2D eigenvalue weighted by Gasteiger charge is -2.50. The molecule has 3 aromatic rings. The van der Waals surface area contributed by atoms with Crippen molar-refractivity contribution < 1.29 is 142 Å². The third-order valence-corrected chi connectivity index (χ3v) is 13.4. The maximum Gasteiger partial charge on any atom is 0.338 e. The van der Waals surface area contributed by atoms with Crippen molar-refractivity contribution in [2.75, 3.05) is 47.3 Å². The van der Waals surface area contributed by atoms with Crippen molar-refractivity contribution >= 4 is 36.0 Å². The number of esters is 4. The highest BCUT2D eigenvalue weighted by Gasteiger charge is 2.64. The summed E-state index contributed by atoms with van der Waals surface area (Å²) in [4.78, 5) is 54.4. The lowest BCUT2D eigenvalue weighted by Crippen LogP contribution is -2.69. The number of aliphatic hydroxyl groups is 10. The second-order valence-corrected chi connectivity index (χ2v) is 18.9. The maximum absolute atomic E-state index is 14.1. The molecule has 0 amide bonds. The SMILES string of the molecule is COc1cc(/C=C/C(=O)OC[C@@]2(O[C@H]3O[C@H](COC(C)=O)[C@H](OC(=O)/C=C/c4ccc(O)c(OC)c4)[C@@H](O[C@@H]4O[C@@H](CO)[C@@H](O)[C@H](O)[C@@H]4O)[C@@H]3O[C@@H]3O[C@@H](CO)[C@H](O)[C@H](O)[C@@H]3O)O[C@H](CO)[C@@H](O)[C@H]2OC(=O)c2ccccc2)ccc1O. The van der Waals surface area contributed by atoms with E-state index in [-0.39, 0.29) is 34.1 Å². The molecule has 82 heavy (non-hydrogen) atoms. The normalized spacial score (nSPS) is 33.9. The highest BCUT2D eigenvalue weighted by molar-refractivity contribution is 5.90. The molecule has 3 aromatic carbocycles. The van der Waals surface area contributed by atoms with Crippen molar-refractivity contribution in [3.63, 3.8) is 0 Å². The van der Waals surface area contributed by atoms with Gasteiger partial charge in [0.2, 0.25) is 5.79 Å². The van der Waals surface area contributed by atoms with Crippen molar-refractivity contribution in [1.29, 1.82) is 0 Å². The molecule has 0 bridgehead atoms. The van der Waals surface area contributed by atoms with E-state index < -0.39 is 173 Å². The molecule has 29 nitrogen and oxygen atoms in total. The lowest BCUT2D eigenvalue weighted by molar-refractivity contribution is -0.421. The van der Waals surface area contributed by atoms with Crippen LogP contribution >= 0.6 is 0 Å². The Balaban J connectivity index is 1.39. The number of benzene rings is 3. The van der Waals surface area contributed by atoms with Crippen LogP contribution in [0.4, 0.5) is 0 Å². The minimum Gasteiger partial charge on any atom is -0.504 e. The number of carbonyl (C=O) groups is 4. The predicted octanol–water partition coefficient (Wildman–Crippen LogP) is -3.35. The van der Waals surface area contributed by atoms with Crippen LogP contribution < -0.4 is 9.47 Å². The zero-order valence-electron chi connectivity index (χ0n) is 43.9. The molecule has 4 aliphatic rings. The number of methoxy groups -OCH3 is 2. The number of hydrogen-bond donors (Lipinski definition) is 12. The number of hydrogen-bond acceptors (Lipinski definition) is 29. The molecule has 0 radical (unpaired) electrons. The summed E-state index contributed by atoms with van der Waals surface area (Å²) in [5.41, 5.74) is 0.453. The first-order chi connectivity index (χ1) is 39.1. The molecule has 4 heterocycles. The molecule has 4 saturated heterocycles. The second kappa shape index (κ2) is 28.2. The van der Waals surface area contributed by atoms with Crippen LogP contribution in [0.1, 0.15) is 28.4 Å². The molecule has 0 aliphatic carbocycles. The number of carbonyl (C=O) groups excluding carboxylic acids is 4. The molecule has 29 heteroatoms. The summed E-state index contributed by atoms with van der Waals surface area (Å²) >= 11 is 0. The van der Waals surface area contributed by atoms with Gasteiger partial charge in [-0.3, -0.25) is 4.79 Å². The highest BCUT2D eigenvalue weighted by atomic mass is 16.8.